The number of morpholine rings is 1. The van der Waals surface area contributed by atoms with Gasteiger partial charge in [0.05, 0.1) is 12.7 Å². The van der Waals surface area contributed by atoms with Crippen molar-refractivity contribution in [2.75, 3.05) is 32.0 Å². The van der Waals surface area contributed by atoms with Crippen molar-refractivity contribution < 1.29 is 4.74 Å². The van der Waals surface area contributed by atoms with Crippen LogP contribution in [0.15, 0.2) is 24.3 Å². The Labute approximate surface area is 104 Å². The van der Waals surface area contributed by atoms with Crippen LogP contribution < -0.4 is 5.73 Å². The Kier molecular flexibility index (Phi) is 4.40. The zero-order chi connectivity index (χ0) is 12.1. The predicted octanol–water partition coefficient (Wildman–Crippen LogP) is 1.92. The fraction of sp³-hybridized carbons (Fsp3) is 0.571. The van der Waals surface area contributed by atoms with Gasteiger partial charge in [0.2, 0.25) is 0 Å². The highest BCUT2D eigenvalue weighted by molar-refractivity contribution is 5.40. The fourth-order valence-corrected chi connectivity index (χ4v) is 2.35. The van der Waals surface area contributed by atoms with E-state index < -0.39 is 0 Å². The highest BCUT2D eigenvalue weighted by atomic mass is 16.5. The van der Waals surface area contributed by atoms with Crippen molar-refractivity contribution in [3.8, 4) is 0 Å². The van der Waals surface area contributed by atoms with Gasteiger partial charge in [-0.15, -0.1) is 0 Å². The molecule has 0 bridgehead atoms. The average molecular weight is 234 g/mol. The van der Waals surface area contributed by atoms with Crippen LogP contribution in [0.25, 0.3) is 0 Å². The number of nitrogen functional groups attached to an aromatic ring is 1. The molecule has 1 fully saturated rings. The maximum absolute atomic E-state index is 5.76. The maximum atomic E-state index is 5.76. The molecule has 3 heteroatoms. The number of nitrogens with two attached hydrogens (primary N) is 1. The van der Waals surface area contributed by atoms with Gasteiger partial charge >= 0.3 is 0 Å². The van der Waals surface area contributed by atoms with E-state index in [4.69, 9.17) is 10.5 Å². The number of aryl methyl sites for hydroxylation is 1. The predicted molar refractivity (Wildman–Crippen MR) is 71.0 cm³/mol. The zero-order valence-electron chi connectivity index (χ0n) is 10.6. The lowest BCUT2D eigenvalue weighted by Gasteiger charge is -2.31. The Morgan fingerprint density at radius 2 is 2.35 bits per heavy atom. The topological polar surface area (TPSA) is 38.5 Å². The quantitative estimate of drug-likeness (QED) is 0.809. The lowest BCUT2D eigenvalue weighted by atomic mass is 10.1. The molecule has 1 aliphatic heterocycles. The van der Waals surface area contributed by atoms with E-state index in [-0.39, 0.29) is 0 Å². The third kappa shape index (κ3) is 4.02. The highest BCUT2D eigenvalue weighted by Gasteiger charge is 2.15. The first-order valence-corrected chi connectivity index (χ1v) is 6.42. The summed E-state index contributed by atoms with van der Waals surface area (Å²) in [6.45, 7) is 6.31. The minimum absolute atomic E-state index is 0.385. The zero-order valence-corrected chi connectivity index (χ0v) is 10.6. The summed E-state index contributed by atoms with van der Waals surface area (Å²) in [5.41, 5.74) is 7.97. The maximum Gasteiger partial charge on any atom is 0.0674 e. The van der Waals surface area contributed by atoms with Crippen molar-refractivity contribution in [3.05, 3.63) is 29.8 Å². The first kappa shape index (κ1) is 12.4. The van der Waals surface area contributed by atoms with Crippen LogP contribution >= 0.6 is 0 Å². The van der Waals surface area contributed by atoms with E-state index in [0.717, 1.165) is 38.3 Å². The van der Waals surface area contributed by atoms with Crippen LogP contribution in [0.3, 0.4) is 0 Å². The van der Waals surface area contributed by atoms with Crippen LogP contribution in [0.2, 0.25) is 0 Å². The van der Waals surface area contributed by atoms with Crippen molar-refractivity contribution in [2.45, 2.75) is 25.9 Å². The van der Waals surface area contributed by atoms with Crippen LogP contribution in [-0.2, 0) is 11.2 Å². The standard InChI is InChI=1S/C14H22N2O/c1-12-11-16(8-9-17-12)7-3-5-13-4-2-6-14(15)10-13/h2,4,6,10,12H,3,5,7-9,11,15H2,1H3. The molecule has 1 aromatic rings. The molecule has 0 spiro atoms. The third-order valence-electron chi connectivity index (χ3n) is 3.22. The molecule has 0 aromatic heterocycles. The van der Waals surface area contributed by atoms with Gasteiger partial charge in [-0.05, 0) is 44.0 Å². The van der Waals surface area contributed by atoms with Gasteiger partial charge in [-0.2, -0.15) is 0 Å². The van der Waals surface area contributed by atoms with E-state index in [2.05, 4.69) is 24.0 Å². The fourth-order valence-electron chi connectivity index (χ4n) is 2.35. The van der Waals surface area contributed by atoms with Gasteiger partial charge in [0.25, 0.3) is 0 Å². The number of hydrogen-bond donors (Lipinski definition) is 1. The molecule has 0 saturated carbocycles. The lowest BCUT2D eigenvalue weighted by Crippen LogP contribution is -2.41. The summed E-state index contributed by atoms with van der Waals surface area (Å²) in [5.74, 6) is 0. The molecule has 0 aliphatic carbocycles. The van der Waals surface area contributed by atoms with E-state index in [9.17, 15) is 0 Å². The van der Waals surface area contributed by atoms with Gasteiger partial charge in [-0.25, -0.2) is 0 Å². The second-order valence-corrected chi connectivity index (χ2v) is 4.83. The molecule has 1 aliphatic rings. The van der Waals surface area contributed by atoms with Crippen molar-refractivity contribution in [3.63, 3.8) is 0 Å². The molecule has 1 heterocycles. The van der Waals surface area contributed by atoms with Crippen LogP contribution in [0.1, 0.15) is 18.9 Å². The minimum atomic E-state index is 0.385. The van der Waals surface area contributed by atoms with Gasteiger partial charge in [0, 0.05) is 18.8 Å². The molecule has 17 heavy (non-hydrogen) atoms. The largest absolute Gasteiger partial charge is 0.399 e. The van der Waals surface area contributed by atoms with E-state index in [1.54, 1.807) is 0 Å². The molecule has 1 atom stereocenters. The SMILES string of the molecule is CC1CN(CCCc2cccc(N)c2)CCO1. The summed E-state index contributed by atoms with van der Waals surface area (Å²) in [6, 6.07) is 8.19. The van der Waals surface area contributed by atoms with Crippen LogP contribution in [0.4, 0.5) is 5.69 Å². The van der Waals surface area contributed by atoms with E-state index >= 15 is 0 Å². The monoisotopic (exact) mass is 234 g/mol. The molecule has 0 radical (unpaired) electrons. The number of anilines is 1. The Bertz CT molecular complexity index is 354. The van der Waals surface area contributed by atoms with Crippen molar-refractivity contribution >= 4 is 5.69 Å². The number of nitrogens with zero attached hydrogens (tertiary/aromatic N) is 1. The summed E-state index contributed by atoms with van der Waals surface area (Å²) in [5, 5.41) is 0. The molecule has 1 unspecified atom stereocenters. The van der Waals surface area contributed by atoms with Crippen LogP contribution in [0.5, 0.6) is 0 Å². The molecule has 2 rings (SSSR count). The normalized spacial score (nSPS) is 21.6. The first-order chi connectivity index (χ1) is 8.24. The average Bonchev–Trinajstić information content (AvgIpc) is 2.29. The summed E-state index contributed by atoms with van der Waals surface area (Å²) in [4.78, 5) is 2.49. The highest BCUT2D eigenvalue weighted by Crippen LogP contribution is 2.10. The molecule has 1 aromatic carbocycles. The summed E-state index contributed by atoms with van der Waals surface area (Å²) in [7, 11) is 0. The van der Waals surface area contributed by atoms with Crippen LogP contribution in [-0.4, -0.2) is 37.2 Å². The van der Waals surface area contributed by atoms with E-state index in [1.807, 2.05) is 12.1 Å². The summed E-state index contributed by atoms with van der Waals surface area (Å²) < 4.78 is 5.53. The summed E-state index contributed by atoms with van der Waals surface area (Å²) in [6.07, 6.45) is 2.68. The Hall–Kier alpha value is -1.06. The van der Waals surface area contributed by atoms with Crippen molar-refractivity contribution in [1.82, 2.24) is 4.90 Å². The number of ether oxygens (including phenoxy) is 1. The molecule has 1 saturated heterocycles. The van der Waals surface area contributed by atoms with E-state index in [0.29, 0.717) is 6.10 Å². The van der Waals surface area contributed by atoms with Gasteiger partial charge in [-0.1, -0.05) is 12.1 Å². The van der Waals surface area contributed by atoms with Gasteiger partial charge in [0.15, 0.2) is 0 Å². The van der Waals surface area contributed by atoms with E-state index in [1.165, 1.54) is 12.0 Å². The third-order valence-corrected chi connectivity index (χ3v) is 3.22. The molecular weight excluding hydrogens is 212 g/mol. The number of benzene rings is 1. The Morgan fingerprint density at radius 3 is 3.12 bits per heavy atom. The molecule has 94 valence electrons. The summed E-state index contributed by atoms with van der Waals surface area (Å²) >= 11 is 0. The molecule has 0 amide bonds. The first-order valence-electron chi connectivity index (χ1n) is 6.42. The van der Waals surface area contributed by atoms with Gasteiger partial charge < -0.3 is 10.5 Å². The Morgan fingerprint density at radius 1 is 1.47 bits per heavy atom. The lowest BCUT2D eigenvalue weighted by molar-refractivity contribution is -0.0184. The van der Waals surface area contributed by atoms with Gasteiger partial charge in [-0.3, -0.25) is 4.90 Å². The Balaban J connectivity index is 1.72. The second kappa shape index (κ2) is 6.03. The second-order valence-electron chi connectivity index (χ2n) is 4.83. The molecule has 2 N–H and O–H groups in total. The molecule has 3 nitrogen and oxygen atoms in total. The number of hydrogen-bond acceptors (Lipinski definition) is 3. The van der Waals surface area contributed by atoms with Gasteiger partial charge in [0.1, 0.15) is 0 Å². The van der Waals surface area contributed by atoms with Crippen molar-refractivity contribution in [1.29, 1.82) is 0 Å². The molecular formula is C14H22N2O. The van der Waals surface area contributed by atoms with Crippen LogP contribution in [0, 0.1) is 0 Å². The van der Waals surface area contributed by atoms with Crippen molar-refractivity contribution in [2.24, 2.45) is 0 Å². The number of rotatable bonds is 4. The minimum Gasteiger partial charge on any atom is -0.399 e. The smallest absolute Gasteiger partial charge is 0.0674 e.